The van der Waals surface area contributed by atoms with Gasteiger partial charge in [-0.3, -0.25) is 23.5 Å². The van der Waals surface area contributed by atoms with Crippen molar-refractivity contribution in [1.82, 2.24) is 0 Å². The van der Waals surface area contributed by atoms with E-state index in [4.69, 9.17) is 9.15 Å². The lowest BCUT2D eigenvalue weighted by Crippen LogP contribution is -2.18. The summed E-state index contributed by atoms with van der Waals surface area (Å²) >= 11 is 0. The molecule has 7 aromatic rings. The number of methoxy groups -OCH3 is 1. The first-order valence-electron chi connectivity index (χ1n) is 15.8. The smallest absolute Gasteiger partial charge is 0.294 e. The van der Waals surface area contributed by atoms with E-state index in [1.165, 1.54) is 67.8 Å². The fourth-order valence-corrected chi connectivity index (χ4v) is 6.95. The highest BCUT2D eigenvalue weighted by Crippen LogP contribution is 2.31. The number of anilines is 3. The Balaban J connectivity index is 1.25. The molecule has 6 aromatic carbocycles. The maximum absolute atomic E-state index is 13.8. The number of benzene rings is 6. The number of hydrogen-bond donors (Lipinski definition) is 5. The second-order valence-electron chi connectivity index (χ2n) is 12.0. The van der Waals surface area contributed by atoms with Gasteiger partial charge in [0.15, 0.2) is 17.1 Å². The van der Waals surface area contributed by atoms with Gasteiger partial charge in [-0.25, -0.2) is 0 Å². The van der Waals surface area contributed by atoms with Crippen molar-refractivity contribution in [3.8, 4) is 5.75 Å². The Morgan fingerprint density at radius 3 is 1.57 bits per heavy atom. The fraction of sp³-hybridized carbons (Fsp3) is 0.0263. The molecular formula is C38H27N3O11S2. The van der Waals surface area contributed by atoms with Crippen molar-refractivity contribution in [2.75, 3.05) is 23.1 Å². The summed E-state index contributed by atoms with van der Waals surface area (Å²) in [6.07, 6.45) is 0. The molecule has 0 fully saturated rings. The average Bonchev–Trinajstić information content (AvgIpc) is 3.59. The number of amides is 3. The first-order valence-corrected chi connectivity index (χ1v) is 18.7. The molecule has 0 saturated carbocycles. The van der Waals surface area contributed by atoms with Crippen LogP contribution in [-0.4, -0.2) is 50.8 Å². The SMILES string of the molecule is COc1cccc2cc(C(=O)Nc3cc(C(=O)Nc4cccc5cc(S(=O)(=O)O)ccc45)cc(C(=O)Nc4cccc5cc(S(=O)(=O)O)ccc45)c3)oc12. The summed E-state index contributed by atoms with van der Waals surface area (Å²) in [4.78, 5) is 40.4. The number of hydrogen-bond acceptors (Lipinski definition) is 9. The molecule has 0 bridgehead atoms. The Labute approximate surface area is 306 Å². The molecule has 3 amide bonds. The summed E-state index contributed by atoms with van der Waals surface area (Å²) in [6, 6.07) is 27.9. The summed E-state index contributed by atoms with van der Waals surface area (Å²) in [5.74, 6) is -1.74. The second kappa shape index (κ2) is 13.8. The maximum atomic E-state index is 13.8. The molecule has 0 aliphatic carbocycles. The van der Waals surface area contributed by atoms with Gasteiger partial charge in [0.25, 0.3) is 38.0 Å². The largest absolute Gasteiger partial charge is 0.493 e. The average molecular weight is 766 g/mol. The van der Waals surface area contributed by atoms with Gasteiger partial charge in [-0.2, -0.15) is 16.8 Å². The van der Waals surface area contributed by atoms with Crippen LogP contribution in [0.4, 0.5) is 17.1 Å². The van der Waals surface area contributed by atoms with Crippen LogP contribution >= 0.6 is 0 Å². The molecule has 0 unspecified atom stereocenters. The van der Waals surface area contributed by atoms with E-state index in [0.29, 0.717) is 38.3 Å². The van der Waals surface area contributed by atoms with Crippen LogP contribution < -0.4 is 20.7 Å². The molecule has 54 heavy (non-hydrogen) atoms. The van der Waals surface area contributed by atoms with Crippen molar-refractivity contribution in [3.05, 3.63) is 132 Å². The summed E-state index contributed by atoms with van der Waals surface area (Å²) in [7, 11) is -7.50. The van der Waals surface area contributed by atoms with Crippen LogP contribution in [0.1, 0.15) is 31.3 Å². The van der Waals surface area contributed by atoms with Gasteiger partial charge in [-0.1, -0.05) is 48.5 Å². The monoisotopic (exact) mass is 765 g/mol. The molecule has 0 aliphatic rings. The number of carbonyl (C=O) groups is 3. The molecule has 0 saturated heterocycles. The van der Waals surface area contributed by atoms with Gasteiger partial charge in [0.05, 0.1) is 16.9 Å². The van der Waals surface area contributed by atoms with Crippen LogP contribution in [0.3, 0.4) is 0 Å². The zero-order chi connectivity index (χ0) is 38.4. The molecule has 0 radical (unpaired) electrons. The highest BCUT2D eigenvalue weighted by molar-refractivity contribution is 7.86. The van der Waals surface area contributed by atoms with Crippen molar-refractivity contribution in [1.29, 1.82) is 0 Å². The van der Waals surface area contributed by atoms with Crippen molar-refractivity contribution in [2.45, 2.75) is 9.79 Å². The van der Waals surface area contributed by atoms with E-state index in [9.17, 15) is 40.3 Å². The minimum Gasteiger partial charge on any atom is -0.493 e. The van der Waals surface area contributed by atoms with Crippen molar-refractivity contribution >= 4 is 87.5 Å². The zero-order valence-corrected chi connectivity index (χ0v) is 29.5. The quantitative estimate of drug-likeness (QED) is 0.0943. The lowest BCUT2D eigenvalue weighted by Gasteiger charge is -2.14. The Bertz CT molecular complexity index is 2780. The summed E-state index contributed by atoms with van der Waals surface area (Å²) < 4.78 is 76.9. The van der Waals surface area contributed by atoms with Gasteiger partial charge >= 0.3 is 0 Å². The maximum Gasteiger partial charge on any atom is 0.294 e. The first-order chi connectivity index (χ1) is 25.7. The normalized spacial score (nSPS) is 11.8. The highest BCUT2D eigenvalue weighted by atomic mass is 32.2. The van der Waals surface area contributed by atoms with Crippen LogP contribution in [0.25, 0.3) is 32.5 Å². The summed E-state index contributed by atoms with van der Waals surface area (Å²) in [5.41, 5.74) is 0.873. The molecule has 0 aliphatic heterocycles. The molecule has 14 nitrogen and oxygen atoms in total. The van der Waals surface area contributed by atoms with Gasteiger partial charge in [-0.05, 0) is 77.5 Å². The van der Waals surface area contributed by atoms with Crippen LogP contribution in [0, 0.1) is 0 Å². The predicted octanol–water partition coefficient (Wildman–Crippen LogP) is 7.00. The predicted molar refractivity (Wildman–Crippen MR) is 201 cm³/mol. The van der Waals surface area contributed by atoms with E-state index in [-0.39, 0.29) is 43.7 Å². The number of nitrogens with one attached hydrogen (secondary N) is 3. The second-order valence-corrected chi connectivity index (χ2v) is 14.8. The van der Waals surface area contributed by atoms with Gasteiger partial charge in [0.1, 0.15) is 0 Å². The number of fused-ring (bicyclic) bond motifs is 3. The van der Waals surface area contributed by atoms with Crippen LogP contribution in [0.5, 0.6) is 5.75 Å². The molecule has 272 valence electrons. The van der Waals surface area contributed by atoms with Gasteiger partial charge in [0.2, 0.25) is 0 Å². The Kier molecular flexibility index (Phi) is 9.12. The molecule has 1 aromatic heterocycles. The lowest BCUT2D eigenvalue weighted by molar-refractivity contribution is 0.0992. The van der Waals surface area contributed by atoms with Crippen LogP contribution in [0.2, 0.25) is 0 Å². The minimum atomic E-state index is -4.48. The molecule has 7 rings (SSSR count). The van der Waals surface area contributed by atoms with E-state index in [2.05, 4.69) is 16.0 Å². The third kappa shape index (κ3) is 7.22. The summed E-state index contributed by atoms with van der Waals surface area (Å²) in [5, 5.41) is 10.5. The number of furan rings is 1. The molecule has 5 N–H and O–H groups in total. The van der Waals surface area contributed by atoms with E-state index in [1.54, 1.807) is 54.6 Å². The standard InChI is InChI=1S/C38H27N3O11S2/c1-51-33-10-4-7-23-20-34(52-35(23)33)38(44)39-26-16-24(36(42)40-31-8-2-5-21-18-27(53(45,46)47)11-13-29(21)31)15-25(17-26)37(43)41-32-9-3-6-22-19-28(54(48,49)50)12-14-30(22)32/h2-20H,1H3,(H,39,44)(H,40,42)(H,41,43)(H,45,46,47)(H,48,49,50). The van der Waals surface area contributed by atoms with E-state index < -0.39 is 38.0 Å². The Hall–Kier alpha value is -6.59. The van der Waals surface area contributed by atoms with E-state index >= 15 is 0 Å². The van der Waals surface area contributed by atoms with E-state index in [0.717, 1.165) is 0 Å². The Morgan fingerprint density at radius 1 is 0.574 bits per heavy atom. The van der Waals surface area contributed by atoms with Crippen LogP contribution in [0.15, 0.2) is 129 Å². The first kappa shape index (κ1) is 35.8. The minimum absolute atomic E-state index is 0.0495. The van der Waals surface area contributed by atoms with Crippen LogP contribution in [-0.2, 0) is 20.2 Å². The number of para-hydroxylation sites is 1. The van der Waals surface area contributed by atoms with Gasteiger partial charge in [-0.15, -0.1) is 0 Å². The molecular weight excluding hydrogens is 739 g/mol. The van der Waals surface area contributed by atoms with E-state index in [1.807, 2.05) is 0 Å². The molecule has 16 heteroatoms. The Morgan fingerprint density at radius 2 is 1.07 bits per heavy atom. The lowest BCUT2D eigenvalue weighted by atomic mass is 10.1. The highest BCUT2D eigenvalue weighted by Gasteiger charge is 2.20. The van der Waals surface area contributed by atoms with Gasteiger partial charge < -0.3 is 25.1 Å². The number of rotatable bonds is 9. The molecule has 0 spiro atoms. The van der Waals surface area contributed by atoms with Crippen molar-refractivity contribution in [3.63, 3.8) is 0 Å². The topological polar surface area (TPSA) is 218 Å². The summed E-state index contributed by atoms with van der Waals surface area (Å²) in [6.45, 7) is 0. The fourth-order valence-electron chi connectivity index (χ4n) is 5.92. The molecule has 1 heterocycles. The van der Waals surface area contributed by atoms with Gasteiger partial charge in [0, 0.05) is 44.3 Å². The molecule has 0 atom stereocenters. The third-order valence-electron chi connectivity index (χ3n) is 8.46. The van der Waals surface area contributed by atoms with Crippen molar-refractivity contribution in [2.24, 2.45) is 0 Å². The number of carbonyl (C=O) groups excluding carboxylic acids is 3. The zero-order valence-electron chi connectivity index (χ0n) is 27.9. The number of ether oxygens (including phenoxy) is 1. The van der Waals surface area contributed by atoms with Crippen molar-refractivity contribution < 1.29 is 49.5 Å². The third-order valence-corrected chi connectivity index (χ3v) is 10.2.